The molecule has 1 aromatic heterocycles. The Morgan fingerprint density at radius 1 is 1.09 bits per heavy atom. The van der Waals surface area contributed by atoms with Gasteiger partial charge in [-0.05, 0) is 49.4 Å². The fourth-order valence-electron chi connectivity index (χ4n) is 3.74. The lowest BCUT2D eigenvalue weighted by molar-refractivity contribution is 0.0224. The standard InChI is InChI=1S/C26H29N3O4/c1-26(2,3)33-25(31)29-12-11-20-13-19(9-10-21(20)16-29)14-23-27-15-22(24(30)28-23)32-17-18-7-5-4-6-8-18/h4-10,13,15H,11-12,14,16-17H2,1-3H3,(H,27,28,30). The van der Waals surface area contributed by atoms with Crippen molar-refractivity contribution in [2.45, 2.75) is 52.4 Å². The van der Waals surface area contributed by atoms with Gasteiger partial charge in [0.2, 0.25) is 5.75 Å². The summed E-state index contributed by atoms with van der Waals surface area (Å²) in [5, 5.41) is 0. The van der Waals surface area contributed by atoms with Crippen LogP contribution in [0.5, 0.6) is 5.75 Å². The number of carbonyl (C=O) groups excluding carboxylic acids is 1. The number of H-pyrrole nitrogens is 1. The first-order valence-corrected chi connectivity index (χ1v) is 11.1. The molecule has 0 saturated carbocycles. The maximum absolute atomic E-state index is 12.4. The Labute approximate surface area is 193 Å². The van der Waals surface area contributed by atoms with Crippen LogP contribution in [0.25, 0.3) is 0 Å². The minimum absolute atomic E-state index is 0.204. The van der Waals surface area contributed by atoms with Crippen LogP contribution in [0, 0.1) is 0 Å². The van der Waals surface area contributed by atoms with Gasteiger partial charge in [0.15, 0.2) is 0 Å². The van der Waals surface area contributed by atoms with E-state index in [2.05, 4.69) is 16.0 Å². The molecule has 0 radical (unpaired) electrons. The number of carbonyl (C=O) groups is 1. The Morgan fingerprint density at radius 3 is 2.61 bits per heavy atom. The minimum Gasteiger partial charge on any atom is -0.482 e. The zero-order chi connectivity index (χ0) is 23.4. The molecule has 172 valence electrons. The SMILES string of the molecule is CC(C)(C)OC(=O)N1CCc2cc(Cc3ncc(OCc4ccccc4)c(=O)[nH]3)ccc2C1. The van der Waals surface area contributed by atoms with Crippen molar-refractivity contribution in [1.82, 2.24) is 14.9 Å². The predicted octanol–water partition coefficient (Wildman–Crippen LogP) is 4.23. The first-order valence-electron chi connectivity index (χ1n) is 11.1. The minimum atomic E-state index is -0.507. The lowest BCUT2D eigenvalue weighted by Gasteiger charge is -2.31. The highest BCUT2D eigenvalue weighted by Crippen LogP contribution is 2.23. The van der Waals surface area contributed by atoms with Gasteiger partial charge in [-0.3, -0.25) is 4.79 Å². The van der Waals surface area contributed by atoms with Crippen LogP contribution < -0.4 is 10.3 Å². The third kappa shape index (κ3) is 6.00. The number of amides is 1. The number of nitrogens with one attached hydrogen (secondary N) is 1. The van der Waals surface area contributed by atoms with E-state index < -0.39 is 5.60 Å². The molecule has 7 nitrogen and oxygen atoms in total. The topological polar surface area (TPSA) is 84.5 Å². The number of benzene rings is 2. The average Bonchev–Trinajstić information content (AvgIpc) is 2.78. The van der Waals surface area contributed by atoms with Crippen molar-refractivity contribution in [3.63, 3.8) is 0 Å². The van der Waals surface area contributed by atoms with E-state index >= 15 is 0 Å². The molecule has 4 rings (SSSR count). The Kier molecular flexibility index (Phi) is 6.49. The fraction of sp³-hybridized carbons (Fsp3) is 0.346. The molecule has 7 heteroatoms. The Balaban J connectivity index is 1.39. The summed E-state index contributed by atoms with van der Waals surface area (Å²) in [6, 6.07) is 15.9. The number of rotatable bonds is 5. The van der Waals surface area contributed by atoms with Crippen molar-refractivity contribution in [2.24, 2.45) is 0 Å². The van der Waals surface area contributed by atoms with Crippen LogP contribution in [-0.4, -0.2) is 33.1 Å². The van der Waals surface area contributed by atoms with E-state index in [1.807, 2.05) is 63.2 Å². The second kappa shape index (κ2) is 9.48. The molecule has 0 aliphatic carbocycles. The molecule has 1 amide bonds. The lowest BCUT2D eigenvalue weighted by atomic mass is 9.96. The third-order valence-electron chi connectivity index (χ3n) is 5.36. The maximum atomic E-state index is 12.4. The monoisotopic (exact) mass is 447 g/mol. The fourth-order valence-corrected chi connectivity index (χ4v) is 3.74. The number of aromatic nitrogens is 2. The van der Waals surface area contributed by atoms with E-state index in [4.69, 9.17) is 9.47 Å². The Bertz CT molecular complexity index is 1180. The zero-order valence-corrected chi connectivity index (χ0v) is 19.3. The summed E-state index contributed by atoms with van der Waals surface area (Å²) in [5.41, 5.74) is 3.56. The van der Waals surface area contributed by atoms with Gasteiger partial charge in [0, 0.05) is 19.5 Å². The summed E-state index contributed by atoms with van der Waals surface area (Å²) in [6.07, 6.45) is 2.47. The van der Waals surface area contributed by atoms with Gasteiger partial charge < -0.3 is 19.4 Å². The summed E-state index contributed by atoms with van der Waals surface area (Å²) in [5.74, 6) is 0.786. The zero-order valence-electron chi connectivity index (χ0n) is 19.3. The molecule has 33 heavy (non-hydrogen) atoms. The van der Waals surface area contributed by atoms with E-state index in [0.29, 0.717) is 31.9 Å². The highest BCUT2D eigenvalue weighted by Gasteiger charge is 2.25. The van der Waals surface area contributed by atoms with Crippen LogP contribution in [0.2, 0.25) is 0 Å². The van der Waals surface area contributed by atoms with Gasteiger partial charge in [0.05, 0.1) is 6.20 Å². The Morgan fingerprint density at radius 2 is 1.88 bits per heavy atom. The van der Waals surface area contributed by atoms with Gasteiger partial charge in [-0.15, -0.1) is 0 Å². The van der Waals surface area contributed by atoms with Gasteiger partial charge >= 0.3 is 6.09 Å². The quantitative estimate of drug-likeness (QED) is 0.633. The second-order valence-corrected chi connectivity index (χ2v) is 9.23. The third-order valence-corrected chi connectivity index (χ3v) is 5.36. The number of hydrogen-bond donors (Lipinski definition) is 1. The largest absolute Gasteiger partial charge is 0.482 e. The van der Waals surface area contributed by atoms with Gasteiger partial charge in [-0.1, -0.05) is 48.5 Å². The molecule has 1 N–H and O–H groups in total. The molecular weight excluding hydrogens is 418 g/mol. The van der Waals surface area contributed by atoms with Crippen molar-refractivity contribution in [3.05, 3.63) is 93.2 Å². The van der Waals surface area contributed by atoms with Crippen LogP contribution >= 0.6 is 0 Å². The maximum Gasteiger partial charge on any atom is 0.410 e. The number of aromatic amines is 1. The number of fused-ring (bicyclic) bond motifs is 1. The van der Waals surface area contributed by atoms with Crippen molar-refractivity contribution in [1.29, 1.82) is 0 Å². The van der Waals surface area contributed by atoms with E-state index in [1.54, 1.807) is 4.90 Å². The van der Waals surface area contributed by atoms with Gasteiger partial charge in [-0.25, -0.2) is 9.78 Å². The molecule has 1 aliphatic rings. The van der Waals surface area contributed by atoms with E-state index in [1.165, 1.54) is 11.8 Å². The summed E-state index contributed by atoms with van der Waals surface area (Å²) in [6.45, 7) is 7.08. The molecule has 2 heterocycles. The molecular formula is C26H29N3O4. The summed E-state index contributed by atoms with van der Waals surface area (Å²) >= 11 is 0. The molecule has 0 saturated heterocycles. The number of hydrogen-bond acceptors (Lipinski definition) is 5. The predicted molar refractivity (Wildman–Crippen MR) is 125 cm³/mol. The van der Waals surface area contributed by atoms with Crippen molar-refractivity contribution < 1.29 is 14.3 Å². The highest BCUT2D eigenvalue weighted by atomic mass is 16.6. The molecule has 1 aliphatic heterocycles. The highest BCUT2D eigenvalue weighted by molar-refractivity contribution is 5.68. The van der Waals surface area contributed by atoms with Crippen LogP contribution in [0.15, 0.2) is 59.5 Å². The molecule has 2 aromatic carbocycles. The van der Waals surface area contributed by atoms with Crippen molar-refractivity contribution in [2.75, 3.05) is 6.54 Å². The van der Waals surface area contributed by atoms with Crippen LogP contribution in [0.4, 0.5) is 4.79 Å². The summed E-state index contributed by atoms with van der Waals surface area (Å²) < 4.78 is 11.1. The van der Waals surface area contributed by atoms with Gasteiger partial charge in [-0.2, -0.15) is 0 Å². The van der Waals surface area contributed by atoms with Gasteiger partial charge in [0.25, 0.3) is 5.56 Å². The normalized spacial score (nSPS) is 13.4. The van der Waals surface area contributed by atoms with Crippen LogP contribution in [0.1, 0.15) is 48.8 Å². The van der Waals surface area contributed by atoms with Gasteiger partial charge in [0.1, 0.15) is 18.0 Å². The van der Waals surface area contributed by atoms with E-state index in [0.717, 1.165) is 23.1 Å². The molecule has 0 atom stereocenters. The van der Waals surface area contributed by atoms with Crippen LogP contribution in [-0.2, 0) is 30.7 Å². The average molecular weight is 448 g/mol. The number of nitrogens with zero attached hydrogens (tertiary/aromatic N) is 2. The van der Waals surface area contributed by atoms with Crippen molar-refractivity contribution in [3.8, 4) is 5.75 Å². The second-order valence-electron chi connectivity index (χ2n) is 9.23. The summed E-state index contributed by atoms with van der Waals surface area (Å²) in [4.78, 5) is 33.7. The lowest BCUT2D eigenvalue weighted by Crippen LogP contribution is -2.39. The molecule has 0 spiro atoms. The molecule has 3 aromatic rings. The van der Waals surface area contributed by atoms with Crippen LogP contribution in [0.3, 0.4) is 0 Å². The van der Waals surface area contributed by atoms with E-state index in [9.17, 15) is 9.59 Å². The Hall–Kier alpha value is -3.61. The molecule has 0 fully saturated rings. The first kappa shape index (κ1) is 22.6. The molecule has 0 unspecified atom stereocenters. The summed E-state index contributed by atoms with van der Waals surface area (Å²) in [7, 11) is 0. The van der Waals surface area contributed by atoms with E-state index in [-0.39, 0.29) is 17.4 Å². The van der Waals surface area contributed by atoms with Crippen molar-refractivity contribution >= 4 is 6.09 Å². The first-order chi connectivity index (χ1) is 15.8. The molecule has 0 bridgehead atoms. The smallest absolute Gasteiger partial charge is 0.410 e. The number of ether oxygens (including phenoxy) is 2.